The van der Waals surface area contributed by atoms with Gasteiger partial charge >= 0.3 is 5.97 Å². The lowest BCUT2D eigenvalue weighted by atomic mass is 10.3. The van der Waals surface area contributed by atoms with Crippen LogP contribution in [0.25, 0.3) is 0 Å². The van der Waals surface area contributed by atoms with Crippen LogP contribution in [0.1, 0.15) is 0 Å². The molecule has 0 saturated carbocycles. The molecule has 0 amide bonds. The summed E-state index contributed by atoms with van der Waals surface area (Å²) in [6, 6.07) is 7.13. The van der Waals surface area contributed by atoms with Gasteiger partial charge in [0.2, 0.25) is 0 Å². The fourth-order valence-corrected chi connectivity index (χ4v) is 0.847. The van der Waals surface area contributed by atoms with Gasteiger partial charge in [0.25, 0.3) is 0 Å². The minimum Gasteiger partial charge on any atom is -0.468 e. The Hall–Kier alpha value is -1.42. The van der Waals surface area contributed by atoms with Gasteiger partial charge < -0.3 is 15.8 Å². The van der Waals surface area contributed by atoms with E-state index in [0.29, 0.717) is 5.69 Å². The molecule has 14 heavy (non-hydrogen) atoms. The topological polar surface area (TPSA) is 64.3 Å². The maximum atomic E-state index is 10.7. The number of benzene rings is 1. The minimum absolute atomic E-state index is 0. The molecule has 0 atom stereocenters. The molecule has 1 rings (SSSR count). The van der Waals surface area contributed by atoms with Crippen molar-refractivity contribution in [1.29, 1.82) is 0 Å². The molecule has 0 bridgehead atoms. The standard InChI is InChI=1S/C9H12N2O2.ClH/c1-13-9(12)6-11-8-4-2-7(10)3-5-8;/h2-5,11H,6,10H2,1H3;1H. The first-order valence-corrected chi connectivity index (χ1v) is 3.88. The third-order valence-corrected chi connectivity index (χ3v) is 1.58. The molecule has 0 aliphatic rings. The summed E-state index contributed by atoms with van der Waals surface area (Å²) in [6.07, 6.45) is 0. The summed E-state index contributed by atoms with van der Waals surface area (Å²) in [4.78, 5) is 10.7. The first-order chi connectivity index (χ1) is 6.22. The van der Waals surface area contributed by atoms with E-state index in [1.807, 2.05) is 0 Å². The molecule has 0 fully saturated rings. The summed E-state index contributed by atoms with van der Waals surface area (Å²) < 4.78 is 4.47. The molecule has 0 saturated heterocycles. The number of rotatable bonds is 3. The molecule has 5 heteroatoms. The fraction of sp³-hybridized carbons (Fsp3) is 0.222. The van der Waals surface area contributed by atoms with Gasteiger partial charge in [-0.05, 0) is 24.3 Å². The van der Waals surface area contributed by atoms with E-state index < -0.39 is 0 Å². The Kier molecular flexibility index (Phi) is 5.48. The Labute approximate surface area is 88.8 Å². The van der Waals surface area contributed by atoms with E-state index in [-0.39, 0.29) is 24.9 Å². The predicted molar refractivity (Wildman–Crippen MR) is 58.6 cm³/mol. The molecule has 0 heterocycles. The van der Waals surface area contributed by atoms with Crippen LogP contribution in [0.2, 0.25) is 0 Å². The van der Waals surface area contributed by atoms with Crippen molar-refractivity contribution in [1.82, 2.24) is 0 Å². The van der Waals surface area contributed by atoms with Gasteiger partial charge in [0.15, 0.2) is 0 Å². The molecule has 3 N–H and O–H groups in total. The highest BCUT2D eigenvalue weighted by Gasteiger charge is 1.98. The number of hydrogen-bond acceptors (Lipinski definition) is 4. The van der Waals surface area contributed by atoms with Crippen LogP contribution in [-0.2, 0) is 9.53 Å². The summed E-state index contributed by atoms with van der Waals surface area (Å²) in [5.41, 5.74) is 7.03. The van der Waals surface area contributed by atoms with E-state index in [1.54, 1.807) is 24.3 Å². The highest BCUT2D eigenvalue weighted by Crippen LogP contribution is 2.09. The van der Waals surface area contributed by atoms with Crippen LogP contribution in [0.3, 0.4) is 0 Å². The van der Waals surface area contributed by atoms with Gasteiger partial charge in [-0.25, -0.2) is 0 Å². The van der Waals surface area contributed by atoms with Crippen molar-refractivity contribution in [2.24, 2.45) is 0 Å². The Morgan fingerprint density at radius 2 is 2.00 bits per heavy atom. The first kappa shape index (κ1) is 12.6. The fourth-order valence-electron chi connectivity index (χ4n) is 0.847. The van der Waals surface area contributed by atoms with Crippen molar-refractivity contribution >= 4 is 29.8 Å². The maximum Gasteiger partial charge on any atom is 0.325 e. The highest BCUT2D eigenvalue weighted by atomic mass is 35.5. The van der Waals surface area contributed by atoms with Crippen LogP contribution < -0.4 is 11.1 Å². The van der Waals surface area contributed by atoms with Crippen molar-refractivity contribution in [3.63, 3.8) is 0 Å². The smallest absolute Gasteiger partial charge is 0.325 e. The van der Waals surface area contributed by atoms with E-state index in [2.05, 4.69) is 10.1 Å². The lowest BCUT2D eigenvalue weighted by Gasteiger charge is -2.04. The van der Waals surface area contributed by atoms with E-state index in [4.69, 9.17) is 5.73 Å². The number of hydrogen-bond donors (Lipinski definition) is 2. The van der Waals surface area contributed by atoms with Gasteiger partial charge in [-0.2, -0.15) is 0 Å². The summed E-state index contributed by atoms with van der Waals surface area (Å²) in [6.45, 7) is 0.167. The zero-order chi connectivity index (χ0) is 9.68. The van der Waals surface area contributed by atoms with Gasteiger partial charge in [0.1, 0.15) is 6.54 Å². The molecule has 1 aromatic rings. The normalized spacial score (nSPS) is 8.64. The second-order valence-corrected chi connectivity index (χ2v) is 2.55. The molecule has 4 nitrogen and oxygen atoms in total. The van der Waals surface area contributed by atoms with E-state index >= 15 is 0 Å². The second-order valence-electron chi connectivity index (χ2n) is 2.55. The molecule has 0 spiro atoms. The van der Waals surface area contributed by atoms with Crippen molar-refractivity contribution in [3.05, 3.63) is 24.3 Å². The number of nitrogens with one attached hydrogen (secondary N) is 1. The SMILES string of the molecule is COC(=O)CNc1ccc(N)cc1.Cl. The minimum atomic E-state index is -0.295. The lowest BCUT2D eigenvalue weighted by Crippen LogP contribution is -2.14. The summed E-state index contributed by atoms with van der Waals surface area (Å²) in [5.74, 6) is -0.295. The number of methoxy groups -OCH3 is 1. The van der Waals surface area contributed by atoms with E-state index in [9.17, 15) is 4.79 Å². The summed E-state index contributed by atoms with van der Waals surface area (Å²) in [7, 11) is 1.35. The Morgan fingerprint density at radius 1 is 1.43 bits per heavy atom. The molecule has 0 aliphatic carbocycles. The van der Waals surface area contributed by atoms with Gasteiger partial charge in [-0.1, -0.05) is 0 Å². The summed E-state index contributed by atoms with van der Waals surface area (Å²) >= 11 is 0. The monoisotopic (exact) mass is 216 g/mol. The molecule has 0 radical (unpaired) electrons. The molecule has 1 aromatic carbocycles. The van der Waals surface area contributed by atoms with Crippen LogP contribution in [0.15, 0.2) is 24.3 Å². The van der Waals surface area contributed by atoms with Crippen LogP contribution in [-0.4, -0.2) is 19.6 Å². The quantitative estimate of drug-likeness (QED) is 0.590. The third kappa shape index (κ3) is 4.00. The summed E-state index contributed by atoms with van der Waals surface area (Å²) in [5, 5.41) is 2.89. The molecular weight excluding hydrogens is 204 g/mol. The van der Waals surface area contributed by atoms with Crippen LogP contribution >= 0.6 is 12.4 Å². The Balaban J connectivity index is 0.00000169. The number of nitrogens with two attached hydrogens (primary N) is 1. The number of carbonyl (C=O) groups is 1. The van der Waals surface area contributed by atoms with Gasteiger partial charge in [-0.15, -0.1) is 12.4 Å². The number of anilines is 2. The number of ether oxygens (including phenoxy) is 1. The van der Waals surface area contributed by atoms with Crippen molar-refractivity contribution in [3.8, 4) is 0 Å². The van der Waals surface area contributed by atoms with Crippen LogP contribution in [0.5, 0.6) is 0 Å². The van der Waals surface area contributed by atoms with Gasteiger partial charge in [0.05, 0.1) is 7.11 Å². The predicted octanol–water partition coefficient (Wildman–Crippen LogP) is 1.28. The highest BCUT2D eigenvalue weighted by molar-refractivity contribution is 5.85. The largest absolute Gasteiger partial charge is 0.468 e. The zero-order valence-corrected chi connectivity index (χ0v) is 8.64. The third-order valence-electron chi connectivity index (χ3n) is 1.58. The van der Waals surface area contributed by atoms with Gasteiger partial charge in [-0.3, -0.25) is 4.79 Å². The number of carbonyl (C=O) groups excluding carboxylic acids is 1. The van der Waals surface area contributed by atoms with Crippen molar-refractivity contribution in [2.45, 2.75) is 0 Å². The van der Waals surface area contributed by atoms with Crippen LogP contribution in [0.4, 0.5) is 11.4 Å². The number of halogens is 1. The first-order valence-electron chi connectivity index (χ1n) is 3.88. The van der Waals surface area contributed by atoms with Gasteiger partial charge in [0, 0.05) is 11.4 Å². The Morgan fingerprint density at radius 3 is 2.50 bits per heavy atom. The number of esters is 1. The molecular formula is C9H13ClN2O2. The lowest BCUT2D eigenvalue weighted by molar-refractivity contribution is -0.138. The second kappa shape index (κ2) is 6.10. The van der Waals surface area contributed by atoms with Crippen molar-refractivity contribution in [2.75, 3.05) is 24.7 Å². The molecule has 0 aliphatic heterocycles. The average molecular weight is 217 g/mol. The number of nitrogen functional groups attached to an aromatic ring is 1. The average Bonchev–Trinajstić information content (AvgIpc) is 2.16. The molecule has 0 unspecified atom stereocenters. The molecule has 78 valence electrons. The Bertz CT molecular complexity index is 287. The van der Waals surface area contributed by atoms with Crippen molar-refractivity contribution < 1.29 is 9.53 Å². The van der Waals surface area contributed by atoms with Crippen LogP contribution in [0, 0.1) is 0 Å². The van der Waals surface area contributed by atoms with E-state index in [1.165, 1.54) is 7.11 Å². The molecule has 0 aromatic heterocycles. The maximum absolute atomic E-state index is 10.7. The zero-order valence-electron chi connectivity index (χ0n) is 7.82. The van der Waals surface area contributed by atoms with E-state index in [0.717, 1.165) is 5.69 Å².